The van der Waals surface area contributed by atoms with E-state index in [1.165, 1.54) is 11.3 Å². The SMILES string of the molecule is CC(C)CCCSC1CC(=O)N(CCCCCC(=O)C(C)C)C1=O. The highest BCUT2D eigenvalue weighted by Gasteiger charge is 2.38. The van der Waals surface area contributed by atoms with Crippen molar-refractivity contribution in [2.24, 2.45) is 11.8 Å². The molecule has 0 spiro atoms. The summed E-state index contributed by atoms with van der Waals surface area (Å²) in [6, 6.07) is 0. The zero-order valence-corrected chi connectivity index (χ0v) is 16.5. The van der Waals surface area contributed by atoms with Gasteiger partial charge in [0, 0.05) is 25.3 Å². The van der Waals surface area contributed by atoms with Gasteiger partial charge in [-0.3, -0.25) is 19.3 Å². The molecular weight excluding hydrogens is 322 g/mol. The maximum Gasteiger partial charge on any atom is 0.242 e. The molecule has 5 heteroatoms. The Morgan fingerprint density at radius 3 is 2.46 bits per heavy atom. The van der Waals surface area contributed by atoms with Crippen LogP contribution in [0, 0.1) is 11.8 Å². The number of nitrogens with zero attached hydrogens (tertiary/aromatic N) is 1. The van der Waals surface area contributed by atoms with Crippen molar-refractivity contribution in [2.45, 2.75) is 77.9 Å². The predicted molar refractivity (Wildman–Crippen MR) is 100.0 cm³/mol. The summed E-state index contributed by atoms with van der Waals surface area (Å²) in [5, 5.41) is -0.174. The first-order valence-electron chi connectivity index (χ1n) is 9.31. The van der Waals surface area contributed by atoms with Crippen LogP contribution in [0.5, 0.6) is 0 Å². The number of hydrogen-bond donors (Lipinski definition) is 0. The number of carbonyl (C=O) groups is 3. The average Bonchev–Trinajstić information content (AvgIpc) is 2.77. The van der Waals surface area contributed by atoms with Crippen LogP contribution < -0.4 is 0 Å². The molecule has 0 radical (unpaired) electrons. The van der Waals surface area contributed by atoms with Crippen molar-refractivity contribution in [3.8, 4) is 0 Å². The molecule has 1 aliphatic heterocycles. The topological polar surface area (TPSA) is 54.5 Å². The van der Waals surface area contributed by atoms with Gasteiger partial charge < -0.3 is 0 Å². The minimum Gasteiger partial charge on any atom is -0.299 e. The minimum atomic E-state index is -0.174. The van der Waals surface area contributed by atoms with Crippen LogP contribution in [-0.4, -0.2) is 40.0 Å². The Morgan fingerprint density at radius 2 is 1.83 bits per heavy atom. The predicted octanol–water partition coefficient (Wildman–Crippen LogP) is 4.07. The number of rotatable bonds is 12. The average molecular weight is 356 g/mol. The van der Waals surface area contributed by atoms with E-state index in [4.69, 9.17) is 0 Å². The fraction of sp³-hybridized carbons (Fsp3) is 0.842. The normalized spacial score (nSPS) is 18.2. The van der Waals surface area contributed by atoms with Crippen molar-refractivity contribution in [2.75, 3.05) is 12.3 Å². The van der Waals surface area contributed by atoms with E-state index in [2.05, 4.69) is 13.8 Å². The number of imide groups is 1. The van der Waals surface area contributed by atoms with E-state index in [9.17, 15) is 14.4 Å². The number of carbonyl (C=O) groups excluding carboxylic acids is 3. The minimum absolute atomic E-state index is 0.00666. The van der Waals surface area contributed by atoms with E-state index >= 15 is 0 Å². The van der Waals surface area contributed by atoms with E-state index < -0.39 is 0 Å². The molecule has 0 aromatic heterocycles. The molecule has 0 aromatic rings. The van der Waals surface area contributed by atoms with Gasteiger partial charge in [0.05, 0.1) is 5.25 Å². The molecule has 4 nitrogen and oxygen atoms in total. The molecule has 1 heterocycles. The lowest BCUT2D eigenvalue weighted by Gasteiger charge is -2.15. The first kappa shape index (κ1) is 21.2. The van der Waals surface area contributed by atoms with Crippen LogP contribution in [0.4, 0.5) is 0 Å². The van der Waals surface area contributed by atoms with Crippen molar-refractivity contribution in [3.63, 3.8) is 0 Å². The molecule has 0 aliphatic carbocycles. The number of ketones is 1. The van der Waals surface area contributed by atoms with Gasteiger partial charge >= 0.3 is 0 Å². The number of hydrogen-bond acceptors (Lipinski definition) is 4. The van der Waals surface area contributed by atoms with Crippen LogP contribution in [-0.2, 0) is 14.4 Å². The fourth-order valence-corrected chi connectivity index (χ4v) is 3.92. The number of likely N-dealkylation sites (tertiary alicyclic amines) is 1. The summed E-state index contributed by atoms with van der Waals surface area (Å²) in [5.74, 6) is 1.99. The van der Waals surface area contributed by atoms with Crippen LogP contribution >= 0.6 is 11.8 Å². The van der Waals surface area contributed by atoms with Crippen LogP contribution in [0.2, 0.25) is 0 Å². The molecule has 1 fully saturated rings. The highest BCUT2D eigenvalue weighted by molar-refractivity contribution is 8.00. The zero-order chi connectivity index (χ0) is 18.1. The van der Waals surface area contributed by atoms with Gasteiger partial charge in [-0.05, 0) is 30.9 Å². The van der Waals surface area contributed by atoms with E-state index in [1.54, 1.807) is 11.8 Å². The molecule has 1 rings (SSSR count). The van der Waals surface area contributed by atoms with E-state index in [0.29, 0.717) is 31.1 Å². The van der Waals surface area contributed by atoms with Crippen molar-refractivity contribution in [1.29, 1.82) is 0 Å². The summed E-state index contributed by atoms with van der Waals surface area (Å²) in [7, 11) is 0. The lowest BCUT2D eigenvalue weighted by atomic mass is 10.0. The Hall–Kier alpha value is -0.840. The summed E-state index contributed by atoms with van der Waals surface area (Å²) in [4.78, 5) is 37.4. The molecule has 0 N–H and O–H groups in total. The monoisotopic (exact) mass is 355 g/mol. The highest BCUT2D eigenvalue weighted by atomic mass is 32.2. The van der Waals surface area contributed by atoms with Gasteiger partial charge in [0.25, 0.3) is 0 Å². The van der Waals surface area contributed by atoms with Crippen LogP contribution in [0.3, 0.4) is 0 Å². The Labute approximate surface area is 151 Å². The third kappa shape index (κ3) is 7.37. The van der Waals surface area contributed by atoms with Crippen LogP contribution in [0.25, 0.3) is 0 Å². The van der Waals surface area contributed by atoms with Crippen molar-refractivity contribution >= 4 is 29.4 Å². The van der Waals surface area contributed by atoms with Gasteiger partial charge in [0.1, 0.15) is 5.78 Å². The third-order valence-electron chi connectivity index (χ3n) is 4.40. The standard InChI is InChI=1S/C19H33NO3S/c1-14(2)9-8-12-24-17-13-18(22)20(19(17)23)11-7-5-6-10-16(21)15(3)4/h14-15,17H,5-13H2,1-4H3. The molecule has 2 amide bonds. The summed E-state index contributed by atoms with van der Waals surface area (Å²) >= 11 is 1.64. The van der Waals surface area contributed by atoms with Crippen LogP contribution in [0.1, 0.15) is 72.6 Å². The summed E-state index contributed by atoms with van der Waals surface area (Å²) in [6.07, 6.45) is 5.77. The maximum absolute atomic E-state index is 12.3. The van der Waals surface area contributed by atoms with Crippen molar-refractivity contribution < 1.29 is 14.4 Å². The van der Waals surface area contributed by atoms with Gasteiger partial charge in [0.2, 0.25) is 11.8 Å². The summed E-state index contributed by atoms with van der Waals surface area (Å²) in [5.41, 5.74) is 0. The number of amides is 2. The van der Waals surface area contributed by atoms with E-state index in [-0.39, 0.29) is 23.0 Å². The Balaban J connectivity index is 2.23. The number of unbranched alkanes of at least 4 members (excludes halogenated alkanes) is 2. The Kier molecular flexibility index (Phi) is 9.64. The number of thioether (sulfide) groups is 1. The molecule has 1 aliphatic rings. The van der Waals surface area contributed by atoms with Gasteiger partial charge in [0.15, 0.2) is 0 Å². The molecule has 0 saturated carbocycles. The van der Waals surface area contributed by atoms with Crippen molar-refractivity contribution in [1.82, 2.24) is 4.90 Å². The quantitative estimate of drug-likeness (QED) is 0.391. The molecule has 0 aromatic carbocycles. The van der Waals surface area contributed by atoms with Gasteiger partial charge in [-0.25, -0.2) is 0 Å². The van der Waals surface area contributed by atoms with E-state index in [0.717, 1.165) is 31.4 Å². The second-order valence-corrected chi connectivity index (χ2v) is 8.73. The molecular formula is C19H33NO3S. The Bertz CT molecular complexity index is 434. The second kappa shape index (κ2) is 10.9. The molecule has 138 valence electrons. The lowest BCUT2D eigenvalue weighted by Crippen LogP contribution is -2.32. The molecule has 1 unspecified atom stereocenters. The van der Waals surface area contributed by atoms with Gasteiger partial charge in [-0.1, -0.05) is 40.5 Å². The maximum atomic E-state index is 12.3. The molecule has 1 saturated heterocycles. The fourth-order valence-electron chi connectivity index (χ4n) is 2.77. The van der Waals surface area contributed by atoms with Gasteiger partial charge in [-0.2, -0.15) is 0 Å². The smallest absolute Gasteiger partial charge is 0.242 e. The first-order valence-corrected chi connectivity index (χ1v) is 10.4. The molecule has 0 bridgehead atoms. The Morgan fingerprint density at radius 1 is 1.12 bits per heavy atom. The largest absolute Gasteiger partial charge is 0.299 e. The third-order valence-corrected chi connectivity index (χ3v) is 5.69. The van der Waals surface area contributed by atoms with Crippen molar-refractivity contribution in [3.05, 3.63) is 0 Å². The van der Waals surface area contributed by atoms with Crippen LogP contribution in [0.15, 0.2) is 0 Å². The van der Waals surface area contributed by atoms with Gasteiger partial charge in [-0.15, -0.1) is 11.8 Å². The summed E-state index contributed by atoms with van der Waals surface area (Å²) < 4.78 is 0. The number of Topliss-reactive ketones (excluding diaryl/α,β-unsaturated/α-hetero) is 1. The lowest BCUT2D eigenvalue weighted by molar-refractivity contribution is -0.138. The van der Waals surface area contributed by atoms with E-state index in [1.807, 2.05) is 13.8 Å². The highest BCUT2D eigenvalue weighted by Crippen LogP contribution is 2.26. The molecule has 24 heavy (non-hydrogen) atoms. The summed E-state index contributed by atoms with van der Waals surface area (Å²) in [6.45, 7) is 8.75. The molecule has 1 atom stereocenters. The zero-order valence-electron chi connectivity index (χ0n) is 15.7. The first-order chi connectivity index (χ1) is 11.3. The second-order valence-electron chi connectivity index (χ2n) is 7.41.